The maximum Gasteiger partial charge on any atom is 0.343 e. The Balaban J connectivity index is 1.94. The van der Waals surface area contributed by atoms with Crippen LogP contribution in [0.4, 0.5) is 5.69 Å². The van der Waals surface area contributed by atoms with Crippen molar-refractivity contribution in [1.29, 1.82) is 0 Å². The van der Waals surface area contributed by atoms with Crippen LogP contribution in [0, 0.1) is 19.3 Å². The first kappa shape index (κ1) is 19.7. The second-order valence-electron chi connectivity index (χ2n) is 5.90. The van der Waals surface area contributed by atoms with Gasteiger partial charge in [-0.25, -0.2) is 4.79 Å². The van der Waals surface area contributed by atoms with Gasteiger partial charge < -0.3 is 14.8 Å². The Kier molecular flexibility index (Phi) is 6.58. The maximum absolute atomic E-state index is 12.2. The third-order valence-corrected chi connectivity index (χ3v) is 4.23. The lowest BCUT2D eigenvalue weighted by atomic mass is 10.0. The van der Waals surface area contributed by atoms with E-state index in [1.165, 1.54) is 7.11 Å². The number of hydrogen-bond donors (Lipinski definition) is 1. The number of amides is 1. The van der Waals surface area contributed by atoms with E-state index in [4.69, 9.17) is 22.8 Å². The molecule has 0 saturated heterocycles. The summed E-state index contributed by atoms with van der Waals surface area (Å²) in [6.07, 6.45) is 7.20. The molecule has 1 aromatic rings. The van der Waals surface area contributed by atoms with Gasteiger partial charge in [-0.3, -0.25) is 4.79 Å². The third-order valence-electron chi connectivity index (χ3n) is 3.92. The number of methoxy groups -OCH3 is 1. The van der Waals surface area contributed by atoms with Crippen LogP contribution in [0.5, 0.6) is 5.75 Å². The van der Waals surface area contributed by atoms with Gasteiger partial charge in [-0.15, -0.1) is 12.3 Å². The number of nitrogens with zero attached hydrogens (tertiary/aromatic N) is 2. The summed E-state index contributed by atoms with van der Waals surface area (Å²) in [7, 11) is 1.28. The Morgan fingerprint density at radius 3 is 2.69 bits per heavy atom. The van der Waals surface area contributed by atoms with Crippen molar-refractivity contribution < 1.29 is 19.1 Å². The van der Waals surface area contributed by atoms with E-state index in [2.05, 4.69) is 26.2 Å². The molecule has 8 heteroatoms. The lowest BCUT2D eigenvalue weighted by Gasteiger charge is -2.13. The number of carbonyl (C=O) groups is 2. The second-order valence-corrected chi connectivity index (χ2v) is 6.30. The second kappa shape index (κ2) is 8.68. The molecule has 1 aliphatic rings. The molecular weight excluding hydrogens is 358 g/mol. The first-order chi connectivity index (χ1) is 12.4. The van der Waals surface area contributed by atoms with Crippen LogP contribution in [0.3, 0.4) is 0 Å². The van der Waals surface area contributed by atoms with E-state index < -0.39 is 11.6 Å². The fourth-order valence-electron chi connectivity index (χ4n) is 2.29. The molecule has 138 valence electrons. The van der Waals surface area contributed by atoms with Crippen LogP contribution in [0.15, 0.2) is 22.4 Å². The van der Waals surface area contributed by atoms with E-state index in [0.717, 1.165) is 5.56 Å². The van der Waals surface area contributed by atoms with E-state index in [1.54, 1.807) is 19.1 Å². The number of aryl methyl sites for hydroxylation is 1. The van der Waals surface area contributed by atoms with Crippen LogP contribution in [-0.4, -0.2) is 31.3 Å². The van der Waals surface area contributed by atoms with Crippen molar-refractivity contribution in [3.8, 4) is 18.1 Å². The van der Waals surface area contributed by atoms with Crippen molar-refractivity contribution in [3.05, 3.63) is 22.7 Å². The molecule has 0 fully saturated rings. The number of carbonyl (C=O) groups excluding carboxylic acids is 2. The van der Waals surface area contributed by atoms with Crippen LogP contribution in [0.25, 0.3) is 0 Å². The number of nitrogens with one attached hydrogen (secondary N) is 1. The van der Waals surface area contributed by atoms with Crippen LogP contribution in [0.2, 0.25) is 5.02 Å². The molecular formula is C18H20ClN3O4. The minimum absolute atomic E-state index is 0.216. The van der Waals surface area contributed by atoms with Crippen LogP contribution < -0.4 is 10.1 Å². The largest absolute Gasteiger partial charge is 0.482 e. The van der Waals surface area contributed by atoms with Crippen LogP contribution >= 0.6 is 11.6 Å². The third kappa shape index (κ3) is 5.46. The smallest absolute Gasteiger partial charge is 0.343 e. The van der Waals surface area contributed by atoms with Gasteiger partial charge in [0, 0.05) is 31.7 Å². The summed E-state index contributed by atoms with van der Waals surface area (Å²) in [4.78, 5) is 23.4. The zero-order valence-corrected chi connectivity index (χ0v) is 15.4. The number of halogens is 1. The minimum atomic E-state index is -0.504. The number of terminal acetylenes is 1. The van der Waals surface area contributed by atoms with Crippen molar-refractivity contribution in [2.75, 3.05) is 19.0 Å². The highest BCUT2D eigenvalue weighted by Crippen LogP contribution is 2.38. The Morgan fingerprint density at radius 1 is 1.35 bits per heavy atom. The molecule has 1 amide bonds. The van der Waals surface area contributed by atoms with Gasteiger partial charge in [0.2, 0.25) is 5.91 Å². The van der Waals surface area contributed by atoms with Crippen molar-refractivity contribution >= 4 is 29.2 Å². The topological polar surface area (TPSA) is 89.3 Å². The van der Waals surface area contributed by atoms with Crippen molar-refractivity contribution in [2.24, 2.45) is 10.2 Å². The average Bonchev–Trinajstić information content (AvgIpc) is 3.39. The number of esters is 1. The van der Waals surface area contributed by atoms with E-state index in [1.807, 2.05) is 0 Å². The first-order valence-electron chi connectivity index (χ1n) is 8.06. The monoisotopic (exact) mass is 377 g/mol. The normalized spacial score (nSPS) is 13.6. The van der Waals surface area contributed by atoms with Gasteiger partial charge >= 0.3 is 5.97 Å². The molecule has 0 aromatic heterocycles. The van der Waals surface area contributed by atoms with Crippen molar-refractivity contribution in [2.45, 2.75) is 38.3 Å². The molecule has 0 unspecified atom stereocenters. The molecule has 0 saturated carbocycles. The summed E-state index contributed by atoms with van der Waals surface area (Å²) in [5.74, 6) is 2.27. The summed E-state index contributed by atoms with van der Waals surface area (Å²) in [6, 6.07) is 3.24. The zero-order chi connectivity index (χ0) is 19.2. The van der Waals surface area contributed by atoms with Gasteiger partial charge in [-0.1, -0.05) is 11.6 Å². The average molecular weight is 378 g/mol. The molecule has 0 aliphatic carbocycles. The van der Waals surface area contributed by atoms with Gasteiger partial charge in [-0.2, -0.15) is 10.2 Å². The molecule has 1 N–H and O–H groups in total. The summed E-state index contributed by atoms with van der Waals surface area (Å²) in [5, 5.41) is 11.1. The van der Waals surface area contributed by atoms with Gasteiger partial charge in [0.05, 0.1) is 17.8 Å². The first-order valence-corrected chi connectivity index (χ1v) is 8.44. The van der Waals surface area contributed by atoms with E-state index in [9.17, 15) is 9.59 Å². The van der Waals surface area contributed by atoms with Crippen LogP contribution in [-0.2, 0) is 14.3 Å². The maximum atomic E-state index is 12.2. The summed E-state index contributed by atoms with van der Waals surface area (Å²) in [5.41, 5.74) is 0.639. The number of rotatable bonds is 9. The predicted molar refractivity (Wildman–Crippen MR) is 97.2 cm³/mol. The summed E-state index contributed by atoms with van der Waals surface area (Å²) < 4.78 is 9.94. The minimum Gasteiger partial charge on any atom is -0.482 e. The molecule has 7 nitrogen and oxygen atoms in total. The Morgan fingerprint density at radius 2 is 2.08 bits per heavy atom. The highest BCUT2D eigenvalue weighted by Gasteiger charge is 2.39. The number of benzene rings is 1. The quantitative estimate of drug-likeness (QED) is 0.527. The highest BCUT2D eigenvalue weighted by molar-refractivity contribution is 6.33. The summed E-state index contributed by atoms with van der Waals surface area (Å²) >= 11 is 6.19. The van der Waals surface area contributed by atoms with E-state index in [-0.39, 0.29) is 18.9 Å². The van der Waals surface area contributed by atoms with E-state index in [0.29, 0.717) is 35.7 Å². The fourth-order valence-corrected chi connectivity index (χ4v) is 2.56. The molecule has 0 atom stereocenters. The number of ether oxygens (including phenoxy) is 2. The fraction of sp³-hybridized carbons (Fsp3) is 0.444. The molecule has 1 aliphatic heterocycles. The molecule has 1 heterocycles. The van der Waals surface area contributed by atoms with Crippen molar-refractivity contribution in [3.63, 3.8) is 0 Å². The van der Waals surface area contributed by atoms with Gasteiger partial charge in [-0.05, 0) is 18.6 Å². The van der Waals surface area contributed by atoms with E-state index >= 15 is 0 Å². The lowest BCUT2D eigenvalue weighted by molar-refractivity contribution is -0.142. The zero-order valence-electron chi connectivity index (χ0n) is 14.7. The molecule has 0 spiro atoms. The molecule has 0 bridgehead atoms. The Bertz CT molecular complexity index is 764. The number of anilines is 1. The highest BCUT2D eigenvalue weighted by atomic mass is 35.5. The molecule has 2 rings (SSSR count). The molecule has 1 aromatic carbocycles. The van der Waals surface area contributed by atoms with Gasteiger partial charge in [0.15, 0.2) is 12.3 Å². The predicted octanol–water partition coefficient (Wildman–Crippen LogP) is 3.49. The van der Waals surface area contributed by atoms with Crippen molar-refractivity contribution in [1.82, 2.24) is 0 Å². The molecule has 0 radical (unpaired) electrons. The lowest BCUT2D eigenvalue weighted by Crippen LogP contribution is -2.18. The van der Waals surface area contributed by atoms with Crippen LogP contribution in [0.1, 0.15) is 31.2 Å². The standard InChI is InChI=1S/C18H20ClN3O4/c1-4-5-7-18(21-22-18)8-6-16(23)20-14-10-15(12(2)9-13(14)19)26-11-17(24)25-3/h1,9-10H,5-8,11H2,2-3H3,(H,20,23). The number of hydrogen-bond acceptors (Lipinski definition) is 6. The Hall–Kier alpha value is -2.59. The van der Waals surface area contributed by atoms with Gasteiger partial charge in [0.1, 0.15) is 5.75 Å². The summed E-state index contributed by atoms with van der Waals surface area (Å²) in [6.45, 7) is 1.56. The Labute approximate surface area is 157 Å². The molecule has 26 heavy (non-hydrogen) atoms. The SMILES string of the molecule is C#CCCC1(CCC(=O)Nc2cc(OCC(=O)OC)c(C)cc2Cl)N=N1. The van der Waals surface area contributed by atoms with Gasteiger partial charge in [0.25, 0.3) is 0 Å².